The maximum atomic E-state index is 6.35. The van der Waals surface area contributed by atoms with E-state index >= 15 is 0 Å². The molecule has 0 amide bonds. The minimum absolute atomic E-state index is 0.791. The zero-order valence-electron chi connectivity index (χ0n) is 17.7. The van der Waals surface area contributed by atoms with E-state index in [0.717, 1.165) is 49.9 Å². The van der Waals surface area contributed by atoms with E-state index in [9.17, 15) is 0 Å². The van der Waals surface area contributed by atoms with Gasteiger partial charge >= 0.3 is 0 Å². The van der Waals surface area contributed by atoms with Gasteiger partial charge in [0.1, 0.15) is 11.4 Å². The van der Waals surface area contributed by atoms with Gasteiger partial charge in [-0.2, -0.15) is 0 Å². The van der Waals surface area contributed by atoms with Gasteiger partial charge in [0.15, 0.2) is 5.58 Å². The maximum Gasteiger partial charge on any atom is 0.153 e. The molecule has 0 unspecified atom stereocenters. The monoisotopic (exact) mass is 403 g/mol. The highest BCUT2D eigenvalue weighted by molar-refractivity contribution is 6.10. The fourth-order valence-electron chi connectivity index (χ4n) is 4.65. The molecule has 0 radical (unpaired) electrons. The van der Waals surface area contributed by atoms with Crippen molar-refractivity contribution in [3.05, 3.63) is 89.7 Å². The number of fused-ring (bicyclic) bond motifs is 4. The predicted octanol–water partition coefficient (Wildman–Crippen LogP) is 6.91. The van der Waals surface area contributed by atoms with E-state index in [0.29, 0.717) is 0 Å². The smallest absolute Gasteiger partial charge is 0.153 e. The molecule has 4 heteroatoms. The number of imidazole rings is 1. The number of para-hydroxylation sites is 3. The van der Waals surface area contributed by atoms with E-state index in [1.165, 1.54) is 16.8 Å². The number of hydrogen-bond donors (Lipinski definition) is 0. The van der Waals surface area contributed by atoms with Gasteiger partial charge in [-0.05, 0) is 55.7 Å². The first-order valence-electron chi connectivity index (χ1n) is 10.4. The molecule has 0 bridgehead atoms. The molecule has 0 saturated carbocycles. The van der Waals surface area contributed by atoms with Crippen molar-refractivity contribution >= 4 is 33.0 Å². The summed E-state index contributed by atoms with van der Waals surface area (Å²) in [7, 11) is 0. The Hall–Kier alpha value is -3.92. The van der Waals surface area contributed by atoms with Crippen LogP contribution in [0.1, 0.15) is 16.7 Å². The Balaban J connectivity index is 1.80. The van der Waals surface area contributed by atoms with E-state index in [2.05, 4.69) is 78.9 Å². The molecule has 0 atom stereocenters. The summed E-state index contributed by atoms with van der Waals surface area (Å²) >= 11 is 0. The molecule has 150 valence electrons. The van der Waals surface area contributed by atoms with Gasteiger partial charge in [-0.1, -0.05) is 42.5 Å². The first-order valence-corrected chi connectivity index (χ1v) is 10.4. The third kappa shape index (κ3) is 2.55. The second-order valence-corrected chi connectivity index (χ2v) is 8.11. The van der Waals surface area contributed by atoms with Crippen molar-refractivity contribution < 1.29 is 4.42 Å². The molecule has 6 aromatic rings. The Bertz CT molecular complexity index is 1600. The SMILES string of the molecule is Cc1cccc(C)c1-n1c(-c2c(C)ccc3c2oc2cnccc23)nc2ccccc21. The van der Waals surface area contributed by atoms with Gasteiger partial charge in [-0.3, -0.25) is 9.55 Å². The first-order chi connectivity index (χ1) is 15.1. The highest BCUT2D eigenvalue weighted by atomic mass is 16.3. The standard InChI is InChI=1S/C27H21N3O/c1-16-11-12-20-19-13-14-28-15-23(19)31-26(20)24(16)27-29-21-9-4-5-10-22(21)30(27)25-17(2)7-6-8-18(25)3/h4-15H,1-3H3. The van der Waals surface area contributed by atoms with Crippen LogP contribution in [0.5, 0.6) is 0 Å². The molecule has 0 N–H and O–H groups in total. The summed E-state index contributed by atoms with van der Waals surface area (Å²) < 4.78 is 8.64. The number of nitrogens with zero attached hydrogens (tertiary/aromatic N) is 3. The van der Waals surface area contributed by atoms with Crippen LogP contribution in [0.4, 0.5) is 0 Å². The molecule has 6 rings (SSSR count). The van der Waals surface area contributed by atoms with Gasteiger partial charge in [-0.15, -0.1) is 0 Å². The summed E-state index contributed by atoms with van der Waals surface area (Å²) in [5.74, 6) is 0.897. The molecule has 31 heavy (non-hydrogen) atoms. The molecule has 3 heterocycles. The highest BCUT2D eigenvalue weighted by Gasteiger charge is 2.22. The molecular weight excluding hydrogens is 382 g/mol. The molecular formula is C27H21N3O. The van der Waals surface area contributed by atoms with Crippen molar-refractivity contribution in [1.82, 2.24) is 14.5 Å². The van der Waals surface area contributed by atoms with Gasteiger partial charge in [-0.25, -0.2) is 4.98 Å². The minimum Gasteiger partial charge on any atom is -0.454 e. The maximum absolute atomic E-state index is 6.35. The zero-order valence-corrected chi connectivity index (χ0v) is 17.7. The number of aromatic nitrogens is 3. The van der Waals surface area contributed by atoms with Gasteiger partial charge in [0.2, 0.25) is 0 Å². The number of furan rings is 1. The van der Waals surface area contributed by atoms with Gasteiger partial charge < -0.3 is 4.42 Å². The van der Waals surface area contributed by atoms with E-state index < -0.39 is 0 Å². The number of pyridine rings is 1. The highest BCUT2D eigenvalue weighted by Crippen LogP contribution is 2.40. The lowest BCUT2D eigenvalue weighted by Crippen LogP contribution is -2.03. The van der Waals surface area contributed by atoms with Gasteiger partial charge in [0.25, 0.3) is 0 Å². The molecule has 0 fully saturated rings. The summed E-state index contributed by atoms with van der Waals surface area (Å²) in [6.45, 7) is 6.43. The van der Waals surface area contributed by atoms with Crippen molar-refractivity contribution in [3.63, 3.8) is 0 Å². The van der Waals surface area contributed by atoms with Crippen LogP contribution in [0.2, 0.25) is 0 Å². The van der Waals surface area contributed by atoms with Crippen LogP contribution < -0.4 is 0 Å². The first kappa shape index (κ1) is 17.9. The predicted molar refractivity (Wildman–Crippen MR) is 126 cm³/mol. The molecule has 4 nitrogen and oxygen atoms in total. The Labute approximate surface area is 179 Å². The lowest BCUT2D eigenvalue weighted by Gasteiger charge is -2.16. The lowest BCUT2D eigenvalue weighted by molar-refractivity contribution is 0.667. The normalized spacial score (nSPS) is 11.7. The molecule has 0 aliphatic carbocycles. The Morgan fingerprint density at radius 2 is 1.58 bits per heavy atom. The van der Waals surface area contributed by atoms with Crippen LogP contribution in [0, 0.1) is 20.8 Å². The summed E-state index contributed by atoms with van der Waals surface area (Å²) in [5.41, 5.74) is 9.43. The van der Waals surface area contributed by atoms with Crippen molar-refractivity contribution in [2.75, 3.05) is 0 Å². The fraction of sp³-hybridized carbons (Fsp3) is 0.111. The summed E-state index contributed by atoms with van der Waals surface area (Å²) in [4.78, 5) is 9.35. The van der Waals surface area contributed by atoms with E-state index in [-0.39, 0.29) is 0 Å². The summed E-state index contributed by atoms with van der Waals surface area (Å²) in [6.07, 6.45) is 3.59. The molecule has 0 saturated heterocycles. The Morgan fingerprint density at radius 1 is 0.774 bits per heavy atom. The molecule has 0 spiro atoms. The van der Waals surface area contributed by atoms with E-state index in [4.69, 9.17) is 9.40 Å². The van der Waals surface area contributed by atoms with Crippen LogP contribution in [-0.2, 0) is 0 Å². The van der Waals surface area contributed by atoms with Crippen molar-refractivity contribution in [1.29, 1.82) is 0 Å². The van der Waals surface area contributed by atoms with Crippen LogP contribution in [0.25, 0.3) is 50.0 Å². The third-order valence-corrected chi connectivity index (χ3v) is 6.10. The van der Waals surface area contributed by atoms with Crippen LogP contribution in [0.3, 0.4) is 0 Å². The summed E-state index contributed by atoms with van der Waals surface area (Å²) in [6, 6.07) is 21.0. The van der Waals surface area contributed by atoms with E-state index in [1.807, 2.05) is 18.3 Å². The molecule has 0 aliphatic heterocycles. The number of benzene rings is 3. The van der Waals surface area contributed by atoms with Gasteiger partial charge in [0.05, 0.1) is 28.5 Å². The minimum atomic E-state index is 0.791. The second-order valence-electron chi connectivity index (χ2n) is 8.11. The van der Waals surface area contributed by atoms with Crippen molar-refractivity contribution in [2.24, 2.45) is 0 Å². The van der Waals surface area contributed by atoms with Gasteiger partial charge in [0, 0.05) is 17.0 Å². The molecule has 0 aliphatic rings. The Morgan fingerprint density at radius 3 is 2.42 bits per heavy atom. The largest absolute Gasteiger partial charge is 0.454 e. The lowest BCUT2D eigenvalue weighted by atomic mass is 10.0. The third-order valence-electron chi connectivity index (χ3n) is 6.10. The average molecular weight is 403 g/mol. The number of aryl methyl sites for hydroxylation is 3. The zero-order chi connectivity index (χ0) is 21.1. The number of hydrogen-bond acceptors (Lipinski definition) is 3. The number of rotatable bonds is 2. The topological polar surface area (TPSA) is 43.9 Å². The van der Waals surface area contributed by atoms with Crippen LogP contribution in [0.15, 0.2) is 77.5 Å². The molecule has 3 aromatic carbocycles. The molecule has 3 aromatic heterocycles. The van der Waals surface area contributed by atoms with Crippen LogP contribution in [-0.4, -0.2) is 14.5 Å². The van der Waals surface area contributed by atoms with Crippen molar-refractivity contribution in [3.8, 4) is 17.1 Å². The fourth-order valence-corrected chi connectivity index (χ4v) is 4.65. The van der Waals surface area contributed by atoms with E-state index in [1.54, 1.807) is 6.20 Å². The van der Waals surface area contributed by atoms with Crippen LogP contribution >= 0.6 is 0 Å². The average Bonchev–Trinajstić information content (AvgIpc) is 3.32. The summed E-state index contributed by atoms with van der Waals surface area (Å²) in [5, 5.41) is 2.15. The Kier molecular flexibility index (Phi) is 3.78. The quantitative estimate of drug-likeness (QED) is 0.315. The van der Waals surface area contributed by atoms with Crippen molar-refractivity contribution in [2.45, 2.75) is 20.8 Å². The second kappa shape index (κ2) is 6.54.